The van der Waals surface area contributed by atoms with E-state index in [1.165, 1.54) is 0 Å². The Hall–Kier alpha value is -3.10. The summed E-state index contributed by atoms with van der Waals surface area (Å²) in [7, 11) is 0. The summed E-state index contributed by atoms with van der Waals surface area (Å²) in [4.78, 5) is 11.8. The molecule has 0 aliphatic carbocycles. The fraction of sp³-hybridized carbons (Fsp3) is 0.440. The molecule has 0 N–H and O–H groups in total. The summed E-state index contributed by atoms with van der Waals surface area (Å²) in [5.74, 6) is 3.50. The van der Waals surface area contributed by atoms with Crippen LogP contribution in [-0.2, 0) is 6.54 Å². The number of nitrogens with zero attached hydrogens (tertiary/aromatic N) is 5. The van der Waals surface area contributed by atoms with Crippen LogP contribution >= 0.6 is 0 Å². The number of ether oxygens (including phenoxy) is 2. The fourth-order valence-electron chi connectivity index (χ4n) is 4.32. The normalized spacial score (nSPS) is 16.4. The van der Waals surface area contributed by atoms with Gasteiger partial charge in [0.1, 0.15) is 24.7 Å². The first-order valence-corrected chi connectivity index (χ1v) is 11.7. The van der Waals surface area contributed by atoms with Gasteiger partial charge in [-0.05, 0) is 36.9 Å². The third-order valence-electron chi connectivity index (χ3n) is 6.30. The van der Waals surface area contributed by atoms with Crippen molar-refractivity contribution in [3.05, 3.63) is 54.4 Å². The van der Waals surface area contributed by atoms with Crippen LogP contribution in [0.5, 0.6) is 11.5 Å². The van der Waals surface area contributed by atoms with E-state index in [1.807, 2.05) is 36.5 Å². The Kier molecular flexibility index (Phi) is 6.73. The fourth-order valence-corrected chi connectivity index (χ4v) is 4.32. The van der Waals surface area contributed by atoms with Crippen molar-refractivity contribution >= 4 is 5.82 Å². The lowest BCUT2D eigenvalue weighted by atomic mass is 10.1. The van der Waals surface area contributed by atoms with E-state index in [4.69, 9.17) is 14.0 Å². The summed E-state index contributed by atoms with van der Waals surface area (Å²) in [6.45, 7) is 11.3. The molecule has 174 valence electrons. The summed E-state index contributed by atoms with van der Waals surface area (Å²) in [5, 5.41) is 4.29. The molecule has 1 fully saturated rings. The van der Waals surface area contributed by atoms with Crippen LogP contribution in [0.4, 0.5) is 5.82 Å². The van der Waals surface area contributed by atoms with Crippen LogP contribution in [-0.4, -0.2) is 79.0 Å². The lowest BCUT2D eigenvalue weighted by Gasteiger charge is -2.36. The molecular formula is C25H31N5O3. The maximum atomic E-state index is 5.69. The Morgan fingerprint density at radius 2 is 1.82 bits per heavy atom. The number of anilines is 1. The van der Waals surface area contributed by atoms with Crippen LogP contribution in [0.25, 0.3) is 11.3 Å². The van der Waals surface area contributed by atoms with Gasteiger partial charge < -0.3 is 18.9 Å². The number of hydrogen-bond donors (Lipinski definition) is 0. The van der Waals surface area contributed by atoms with Gasteiger partial charge in [-0.3, -0.25) is 9.80 Å². The minimum absolute atomic E-state index is 0.574. The molecule has 1 aromatic carbocycles. The molecule has 2 aliphatic heterocycles. The minimum atomic E-state index is 0.574. The van der Waals surface area contributed by atoms with Crippen molar-refractivity contribution < 1.29 is 14.0 Å². The average molecular weight is 450 g/mol. The number of benzene rings is 1. The van der Waals surface area contributed by atoms with Gasteiger partial charge in [-0.15, -0.1) is 0 Å². The first kappa shape index (κ1) is 21.7. The molecule has 0 spiro atoms. The van der Waals surface area contributed by atoms with Crippen LogP contribution < -0.4 is 14.4 Å². The van der Waals surface area contributed by atoms with E-state index in [1.54, 1.807) is 0 Å². The first-order valence-electron chi connectivity index (χ1n) is 11.7. The lowest BCUT2D eigenvalue weighted by Crippen LogP contribution is -2.48. The summed E-state index contributed by atoms with van der Waals surface area (Å²) in [6, 6.07) is 14.0. The smallest absolute Gasteiger partial charge is 0.162 e. The van der Waals surface area contributed by atoms with Gasteiger partial charge in [0.25, 0.3) is 0 Å². The molecule has 0 radical (unpaired) electrons. The monoisotopic (exact) mass is 449 g/mol. The SMILES string of the molecule is CCN(CCN1CCN(c2ccccn2)CC1)Cc1cc(-c2ccc3c(c2)OCCO3)no1. The molecule has 4 heterocycles. The lowest BCUT2D eigenvalue weighted by molar-refractivity contribution is 0.171. The molecule has 0 atom stereocenters. The van der Waals surface area contributed by atoms with Crippen molar-refractivity contribution in [1.82, 2.24) is 19.9 Å². The Balaban J connectivity index is 1.12. The minimum Gasteiger partial charge on any atom is -0.486 e. The second-order valence-corrected chi connectivity index (χ2v) is 8.42. The number of likely N-dealkylation sites (N-methyl/N-ethyl adjacent to an activating group) is 1. The number of hydrogen-bond acceptors (Lipinski definition) is 8. The zero-order valence-electron chi connectivity index (χ0n) is 19.2. The number of fused-ring (bicyclic) bond motifs is 1. The third-order valence-corrected chi connectivity index (χ3v) is 6.30. The van der Waals surface area contributed by atoms with E-state index in [0.717, 1.165) is 86.7 Å². The zero-order valence-corrected chi connectivity index (χ0v) is 19.2. The Morgan fingerprint density at radius 3 is 2.61 bits per heavy atom. The topological polar surface area (TPSA) is 67.1 Å². The van der Waals surface area contributed by atoms with E-state index in [9.17, 15) is 0 Å². The van der Waals surface area contributed by atoms with Crippen LogP contribution in [0.3, 0.4) is 0 Å². The van der Waals surface area contributed by atoms with E-state index in [-0.39, 0.29) is 0 Å². The van der Waals surface area contributed by atoms with Crippen LogP contribution in [0, 0.1) is 0 Å². The van der Waals surface area contributed by atoms with Crippen molar-refractivity contribution in [3.8, 4) is 22.8 Å². The molecule has 3 aromatic rings. The molecule has 0 saturated carbocycles. The maximum Gasteiger partial charge on any atom is 0.162 e. The molecule has 0 unspecified atom stereocenters. The number of rotatable bonds is 8. The van der Waals surface area contributed by atoms with Gasteiger partial charge in [-0.25, -0.2) is 4.98 Å². The molecular weight excluding hydrogens is 418 g/mol. The third kappa shape index (κ3) is 5.29. The molecule has 1 saturated heterocycles. The van der Waals surface area contributed by atoms with Gasteiger partial charge in [-0.1, -0.05) is 18.1 Å². The Morgan fingerprint density at radius 1 is 0.970 bits per heavy atom. The summed E-state index contributed by atoms with van der Waals surface area (Å²) >= 11 is 0. The molecule has 33 heavy (non-hydrogen) atoms. The molecule has 5 rings (SSSR count). The number of pyridine rings is 1. The highest BCUT2D eigenvalue weighted by molar-refractivity contribution is 5.64. The second-order valence-electron chi connectivity index (χ2n) is 8.42. The number of aromatic nitrogens is 2. The van der Waals surface area contributed by atoms with Gasteiger partial charge in [0, 0.05) is 57.1 Å². The van der Waals surface area contributed by atoms with Gasteiger partial charge in [-0.2, -0.15) is 0 Å². The second kappa shape index (κ2) is 10.2. The van der Waals surface area contributed by atoms with Crippen LogP contribution in [0.2, 0.25) is 0 Å². The molecule has 8 nitrogen and oxygen atoms in total. The van der Waals surface area contributed by atoms with E-state index < -0.39 is 0 Å². The summed E-state index contributed by atoms with van der Waals surface area (Å²) in [5.41, 5.74) is 1.80. The van der Waals surface area contributed by atoms with Crippen molar-refractivity contribution in [1.29, 1.82) is 0 Å². The molecule has 0 amide bonds. The quantitative estimate of drug-likeness (QED) is 0.520. The molecule has 8 heteroatoms. The maximum absolute atomic E-state index is 5.69. The standard InChI is InChI=1S/C25H31N5O3/c1-2-28(9-10-29-11-13-30(14-12-29)25-5-3-4-8-26-25)19-21-18-22(27-33-21)20-6-7-23-24(17-20)32-16-15-31-23/h3-8,17-18H,2,9-16,19H2,1H3. The first-order chi connectivity index (χ1) is 16.3. The molecule has 2 aliphatic rings. The van der Waals surface area contributed by atoms with Crippen LogP contribution in [0.1, 0.15) is 12.7 Å². The molecule has 0 bridgehead atoms. The highest BCUT2D eigenvalue weighted by atomic mass is 16.6. The van der Waals surface area contributed by atoms with E-state index in [0.29, 0.717) is 13.2 Å². The zero-order chi connectivity index (χ0) is 22.5. The van der Waals surface area contributed by atoms with E-state index >= 15 is 0 Å². The van der Waals surface area contributed by atoms with E-state index in [2.05, 4.69) is 43.9 Å². The van der Waals surface area contributed by atoms with Crippen molar-refractivity contribution in [2.45, 2.75) is 13.5 Å². The van der Waals surface area contributed by atoms with Gasteiger partial charge in [0.05, 0.1) is 6.54 Å². The van der Waals surface area contributed by atoms with Gasteiger partial charge in [0.15, 0.2) is 17.3 Å². The van der Waals surface area contributed by atoms with Crippen molar-refractivity contribution in [2.75, 3.05) is 63.9 Å². The largest absolute Gasteiger partial charge is 0.486 e. The number of piperazine rings is 1. The van der Waals surface area contributed by atoms with Gasteiger partial charge in [0.2, 0.25) is 0 Å². The summed E-state index contributed by atoms with van der Waals surface area (Å²) < 4.78 is 17.0. The van der Waals surface area contributed by atoms with Gasteiger partial charge >= 0.3 is 0 Å². The Labute approximate surface area is 194 Å². The van der Waals surface area contributed by atoms with Crippen molar-refractivity contribution in [2.24, 2.45) is 0 Å². The Bertz CT molecular complexity index is 1030. The predicted molar refractivity (Wildman–Crippen MR) is 127 cm³/mol. The predicted octanol–water partition coefficient (Wildman–Crippen LogP) is 3.15. The average Bonchev–Trinajstić information content (AvgIpc) is 3.35. The van der Waals surface area contributed by atoms with Crippen LogP contribution in [0.15, 0.2) is 53.2 Å². The highest BCUT2D eigenvalue weighted by Crippen LogP contribution is 2.34. The molecule has 2 aromatic heterocycles. The summed E-state index contributed by atoms with van der Waals surface area (Å²) in [6.07, 6.45) is 1.86. The highest BCUT2D eigenvalue weighted by Gasteiger charge is 2.19. The van der Waals surface area contributed by atoms with Crippen molar-refractivity contribution in [3.63, 3.8) is 0 Å².